The first-order valence-corrected chi connectivity index (χ1v) is 13.6. The van der Waals surface area contributed by atoms with Gasteiger partial charge in [-0.2, -0.15) is 0 Å². The number of ether oxygens (including phenoxy) is 2. The fraction of sp³-hybridized carbons (Fsp3) is 0.370. The number of hydrogen-bond donors (Lipinski definition) is 1. The Morgan fingerprint density at radius 3 is 2.38 bits per heavy atom. The molecule has 1 N–H and O–H groups in total. The molecule has 1 atom stereocenters. The van der Waals surface area contributed by atoms with Crippen LogP contribution in [0.25, 0.3) is 0 Å². The average Bonchev–Trinajstić information content (AvgIpc) is 2.94. The van der Waals surface area contributed by atoms with Crippen LogP contribution in [0, 0.1) is 0 Å². The van der Waals surface area contributed by atoms with Gasteiger partial charge in [-0.3, -0.25) is 4.90 Å². The second-order valence-electron chi connectivity index (χ2n) is 8.66. The zero-order chi connectivity index (χ0) is 26.4. The van der Waals surface area contributed by atoms with Crippen LogP contribution in [0.1, 0.15) is 18.5 Å². The fourth-order valence-electron chi connectivity index (χ4n) is 4.44. The van der Waals surface area contributed by atoms with Crippen LogP contribution in [-0.2, 0) is 9.53 Å². The number of nitrogens with one attached hydrogen (secondary N) is 1. The van der Waals surface area contributed by atoms with Gasteiger partial charge in [0.25, 0.3) is 0 Å². The number of nitrogens with zero attached hydrogens (tertiary/aromatic N) is 3. The summed E-state index contributed by atoms with van der Waals surface area (Å²) in [6, 6.07) is 16.7. The minimum atomic E-state index is -0.582. The molecule has 0 saturated carbocycles. The van der Waals surface area contributed by atoms with E-state index in [2.05, 4.69) is 27.2 Å². The van der Waals surface area contributed by atoms with E-state index in [4.69, 9.17) is 21.7 Å². The van der Waals surface area contributed by atoms with E-state index in [0.717, 1.165) is 47.5 Å². The summed E-state index contributed by atoms with van der Waals surface area (Å²) < 4.78 is 11.4. The van der Waals surface area contributed by atoms with Crippen LogP contribution in [0.5, 0.6) is 5.75 Å². The third-order valence-corrected chi connectivity index (χ3v) is 8.05. The van der Waals surface area contributed by atoms with Crippen molar-refractivity contribution in [3.63, 3.8) is 0 Å². The Balaban J connectivity index is 1.46. The number of urea groups is 1. The Hall–Kier alpha value is -3.24. The van der Waals surface area contributed by atoms with Crippen molar-refractivity contribution < 1.29 is 19.1 Å². The predicted molar refractivity (Wildman–Crippen MR) is 151 cm³/mol. The summed E-state index contributed by atoms with van der Waals surface area (Å²) >= 11 is 7.24. The normalized spacial score (nSPS) is 18.0. The Morgan fingerprint density at radius 1 is 1.08 bits per heavy atom. The van der Waals surface area contributed by atoms with Crippen molar-refractivity contribution in [2.45, 2.75) is 13.0 Å². The van der Waals surface area contributed by atoms with Gasteiger partial charge in [0.15, 0.2) is 0 Å². The number of thioether (sulfide) groups is 1. The summed E-state index contributed by atoms with van der Waals surface area (Å²) in [5.41, 5.74) is 3.03. The minimum Gasteiger partial charge on any atom is -0.497 e. The van der Waals surface area contributed by atoms with Gasteiger partial charge < -0.3 is 24.6 Å². The highest BCUT2D eigenvalue weighted by atomic mass is 32.2. The number of amides is 2. The third kappa shape index (κ3) is 6.19. The van der Waals surface area contributed by atoms with Crippen LogP contribution < -0.4 is 15.0 Å². The van der Waals surface area contributed by atoms with Crippen LogP contribution in [0.3, 0.4) is 0 Å². The zero-order valence-corrected chi connectivity index (χ0v) is 22.9. The minimum absolute atomic E-state index is 0.249. The molecule has 2 aromatic rings. The smallest absolute Gasteiger partial charge is 0.338 e. The summed E-state index contributed by atoms with van der Waals surface area (Å²) in [6.45, 7) is 5.31. The molecule has 2 aliphatic rings. The molecule has 0 radical (unpaired) electrons. The van der Waals surface area contributed by atoms with Crippen molar-refractivity contribution in [1.29, 1.82) is 0 Å². The zero-order valence-electron chi connectivity index (χ0n) is 21.3. The van der Waals surface area contributed by atoms with Crippen LogP contribution in [0.2, 0.25) is 0 Å². The highest BCUT2D eigenvalue weighted by molar-refractivity contribution is 8.23. The third-order valence-electron chi connectivity index (χ3n) is 6.51. The van der Waals surface area contributed by atoms with E-state index in [1.165, 1.54) is 16.7 Å². The molecular formula is C27H32N4O4S2. The SMILES string of the molecule is CCOC(=O)C1=C(CSC(=S)N2CCN(c3ccc(OC)cc3)CC2)N(C)C(=O)NC1c1ccccc1. The van der Waals surface area contributed by atoms with E-state index in [-0.39, 0.29) is 12.6 Å². The summed E-state index contributed by atoms with van der Waals surface area (Å²) in [6.07, 6.45) is 0. The largest absolute Gasteiger partial charge is 0.497 e. The number of hydrogen-bond acceptors (Lipinski definition) is 7. The fourth-order valence-corrected chi connectivity index (χ4v) is 5.77. The van der Waals surface area contributed by atoms with Crippen molar-refractivity contribution in [1.82, 2.24) is 15.1 Å². The Bertz CT molecular complexity index is 1150. The molecule has 1 fully saturated rings. The van der Waals surface area contributed by atoms with Gasteiger partial charge in [-0.15, -0.1) is 0 Å². The number of benzene rings is 2. The molecule has 2 amide bonds. The summed E-state index contributed by atoms with van der Waals surface area (Å²) in [7, 11) is 3.33. The number of carbonyl (C=O) groups excluding carboxylic acids is 2. The number of carbonyl (C=O) groups is 2. The molecular weight excluding hydrogens is 508 g/mol. The van der Waals surface area contributed by atoms with Gasteiger partial charge >= 0.3 is 12.0 Å². The van der Waals surface area contributed by atoms with Gasteiger partial charge in [0.05, 0.1) is 25.3 Å². The lowest BCUT2D eigenvalue weighted by atomic mass is 9.95. The lowest BCUT2D eigenvalue weighted by Crippen LogP contribution is -2.48. The van der Waals surface area contributed by atoms with Gasteiger partial charge in [0, 0.05) is 50.4 Å². The molecule has 4 rings (SSSR count). The number of anilines is 1. The molecule has 1 saturated heterocycles. The standard InChI is InChI=1S/C27H32N4O4S2/c1-4-35-25(32)23-22(29(2)26(33)28-24(23)19-8-6-5-7-9-19)18-37-27(36)31-16-14-30(15-17-31)20-10-12-21(34-3)13-11-20/h5-13,24H,4,14-18H2,1-3H3,(H,28,33). The molecule has 2 heterocycles. The second kappa shape index (κ2) is 12.3. The van der Waals surface area contributed by atoms with E-state index in [1.54, 1.807) is 21.1 Å². The Kier molecular flexibility index (Phi) is 8.94. The highest BCUT2D eigenvalue weighted by Gasteiger charge is 2.37. The molecule has 10 heteroatoms. The van der Waals surface area contributed by atoms with Gasteiger partial charge in [-0.25, -0.2) is 9.59 Å². The maximum Gasteiger partial charge on any atom is 0.338 e. The van der Waals surface area contributed by atoms with E-state index in [0.29, 0.717) is 17.0 Å². The van der Waals surface area contributed by atoms with Crippen molar-refractivity contribution in [2.24, 2.45) is 0 Å². The molecule has 196 valence electrons. The molecule has 2 aromatic carbocycles. The van der Waals surface area contributed by atoms with Crippen LogP contribution in [0.4, 0.5) is 10.5 Å². The van der Waals surface area contributed by atoms with Crippen molar-refractivity contribution in [2.75, 3.05) is 57.6 Å². The average molecular weight is 541 g/mol. The van der Waals surface area contributed by atoms with E-state index >= 15 is 0 Å². The van der Waals surface area contributed by atoms with Gasteiger partial charge in [-0.1, -0.05) is 54.3 Å². The highest BCUT2D eigenvalue weighted by Crippen LogP contribution is 2.33. The second-order valence-corrected chi connectivity index (χ2v) is 10.3. The molecule has 0 spiro atoms. The first-order valence-electron chi connectivity index (χ1n) is 12.2. The van der Waals surface area contributed by atoms with Crippen molar-refractivity contribution in [3.8, 4) is 5.75 Å². The van der Waals surface area contributed by atoms with Crippen molar-refractivity contribution in [3.05, 3.63) is 71.4 Å². The number of piperazine rings is 1. The monoisotopic (exact) mass is 540 g/mol. The topological polar surface area (TPSA) is 74.4 Å². The number of rotatable bonds is 7. The van der Waals surface area contributed by atoms with E-state index in [9.17, 15) is 9.59 Å². The van der Waals surface area contributed by atoms with E-state index in [1.807, 2.05) is 42.5 Å². The maximum atomic E-state index is 13.1. The quantitative estimate of drug-likeness (QED) is 0.417. The molecule has 0 bridgehead atoms. The van der Waals surface area contributed by atoms with Crippen LogP contribution in [-0.4, -0.2) is 78.8 Å². The lowest BCUT2D eigenvalue weighted by molar-refractivity contribution is -0.139. The molecule has 0 aliphatic carbocycles. The first-order chi connectivity index (χ1) is 17.9. The molecule has 2 aliphatic heterocycles. The Labute approximate surface area is 227 Å². The number of thiocarbonyl (C=S) groups is 1. The van der Waals surface area contributed by atoms with Crippen LogP contribution in [0.15, 0.2) is 65.9 Å². The van der Waals surface area contributed by atoms with Crippen molar-refractivity contribution >= 4 is 46.0 Å². The number of esters is 1. The lowest BCUT2D eigenvalue weighted by Gasteiger charge is -2.38. The molecule has 0 aromatic heterocycles. The maximum absolute atomic E-state index is 13.1. The molecule has 1 unspecified atom stereocenters. The first kappa shape index (κ1) is 26.8. The Morgan fingerprint density at radius 2 is 1.76 bits per heavy atom. The van der Waals surface area contributed by atoms with Gasteiger partial charge in [0.1, 0.15) is 10.1 Å². The van der Waals surface area contributed by atoms with Gasteiger partial charge in [-0.05, 0) is 36.8 Å². The van der Waals surface area contributed by atoms with E-state index < -0.39 is 12.0 Å². The predicted octanol–water partition coefficient (Wildman–Crippen LogP) is 4.05. The molecule has 37 heavy (non-hydrogen) atoms. The summed E-state index contributed by atoms with van der Waals surface area (Å²) in [5.74, 6) is 0.795. The summed E-state index contributed by atoms with van der Waals surface area (Å²) in [5, 5.41) is 2.94. The van der Waals surface area contributed by atoms with Crippen LogP contribution >= 0.6 is 24.0 Å². The van der Waals surface area contributed by atoms with Gasteiger partial charge in [0.2, 0.25) is 0 Å². The molecule has 8 nitrogen and oxygen atoms in total. The number of methoxy groups -OCH3 is 1. The summed E-state index contributed by atoms with van der Waals surface area (Å²) in [4.78, 5) is 31.9.